The third kappa shape index (κ3) is 6.39. The molecule has 1 saturated carbocycles. The van der Waals surface area contributed by atoms with Crippen LogP contribution in [0.3, 0.4) is 0 Å². The molecule has 0 bridgehead atoms. The van der Waals surface area contributed by atoms with Gasteiger partial charge in [-0.1, -0.05) is 30.6 Å². The van der Waals surface area contributed by atoms with Crippen LogP contribution in [0.4, 0.5) is 5.13 Å². The number of anilines is 1. The molecule has 34 heavy (non-hydrogen) atoms. The molecule has 2 N–H and O–H groups in total. The zero-order chi connectivity index (χ0) is 24.1. The highest BCUT2D eigenvalue weighted by Crippen LogP contribution is 2.36. The van der Waals surface area contributed by atoms with Gasteiger partial charge in [-0.2, -0.15) is 0 Å². The number of methoxy groups -OCH3 is 1. The summed E-state index contributed by atoms with van der Waals surface area (Å²) in [6, 6.07) is 6.81. The summed E-state index contributed by atoms with van der Waals surface area (Å²) in [7, 11) is 0.311. The van der Waals surface area contributed by atoms with Gasteiger partial charge in [0.2, 0.25) is 0 Å². The van der Waals surface area contributed by atoms with Gasteiger partial charge >= 0.3 is 0 Å². The van der Waals surface area contributed by atoms with Gasteiger partial charge in [0, 0.05) is 18.6 Å². The van der Waals surface area contributed by atoms with Crippen molar-refractivity contribution in [2.75, 3.05) is 32.1 Å². The molecule has 1 aliphatic carbocycles. The summed E-state index contributed by atoms with van der Waals surface area (Å²) in [6.45, 7) is 9.62. The summed E-state index contributed by atoms with van der Waals surface area (Å²) < 4.78 is 22.3. The van der Waals surface area contributed by atoms with Crippen molar-refractivity contribution < 1.29 is 8.95 Å². The largest absolute Gasteiger partial charge is 0.495 e. The first kappa shape index (κ1) is 25.6. The monoisotopic (exact) mass is 504 g/mol. The number of hydrogen-bond donors (Lipinski definition) is 2. The van der Waals surface area contributed by atoms with E-state index in [0.29, 0.717) is 16.7 Å². The smallest absolute Gasteiger partial charge is 0.183 e. The molecule has 8 heteroatoms. The number of ether oxygens (including phenoxy) is 1. The van der Waals surface area contributed by atoms with Crippen molar-refractivity contribution in [1.29, 1.82) is 0 Å². The van der Waals surface area contributed by atoms with E-state index in [9.17, 15) is 4.21 Å². The first-order valence-electron chi connectivity index (χ1n) is 12.8. The van der Waals surface area contributed by atoms with Crippen molar-refractivity contribution in [2.45, 2.75) is 82.7 Å². The SMILES string of the molecule is COc1ccc(-c2sc(NCC3CCCCC3)nc2C)cc1S(=O)NC1CCN(C(C)C)CC1. The third-order valence-corrected chi connectivity index (χ3v) is 9.65. The highest BCUT2D eigenvalue weighted by molar-refractivity contribution is 7.83. The fourth-order valence-electron chi connectivity index (χ4n) is 5.07. The summed E-state index contributed by atoms with van der Waals surface area (Å²) in [4.78, 5) is 9.09. The van der Waals surface area contributed by atoms with Gasteiger partial charge in [-0.3, -0.25) is 0 Å². The molecule has 0 spiro atoms. The number of piperidine rings is 1. The first-order valence-corrected chi connectivity index (χ1v) is 14.7. The number of rotatable bonds is 9. The van der Waals surface area contributed by atoms with Crippen LogP contribution in [0.1, 0.15) is 64.5 Å². The molecule has 1 aromatic carbocycles. The van der Waals surface area contributed by atoms with Gasteiger partial charge in [0.15, 0.2) is 5.13 Å². The Kier molecular flexibility index (Phi) is 9.02. The summed E-state index contributed by atoms with van der Waals surface area (Å²) in [5.41, 5.74) is 2.05. The number of nitrogens with zero attached hydrogens (tertiary/aromatic N) is 2. The lowest BCUT2D eigenvalue weighted by molar-refractivity contribution is 0.169. The van der Waals surface area contributed by atoms with Gasteiger partial charge in [-0.25, -0.2) is 13.9 Å². The van der Waals surface area contributed by atoms with Crippen LogP contribution in [0.5, 0.6) is 5.75 Å². The average Bonchev–Trinajstić information content (AvgIpc) is 3.23. The number of hydrogen-bond acceptors (Lipinski definition) is 6. The van der Waals surface area contributed by atoms with Crippen LogP contribution in [0.25, 0.3) is 10.4 Å². The van der Waals surface area contributed by atoms with E-state index in [4.69, 9.17) is 9.72 Å². The molecule has 0 radical (unpaired) electrons. The standard InChI is InChI=1S/C26H40N4O2S2/c1-18(2)30-14-12-22(13-15-30)29-34(31)24-16-21(10-11-23(24)32-4)25-19(3)28-26(33-25)27-17-20-8-6-5-7-9-20/h10-11,16,18,20,22,29H,5-9,12-15,17H2,1-4H3,(H,27,28). The lowest BCUT2D eigenvalue weighted by Gasteiger charge is -2.34. The van der Waals surface area contributed by atoms with E-state index in [1.165, 1.54) is 32.1 Å². The molecule has 1 unspecified atom stereocenters. The second-order valence-corrected chi connectivity index (χ2v) is 12.2. The number of aromatic nitrogens is 1. The van der Waals surface area contributed by atoms with Gasteiger partial charge in [0.25, 0.3) is 0 Å². The van der Waals surface area contributed by atoms with E-state index in [0.717, 1.165) is 59.7 Å². The van der Waals surface area contributed by atoms with Crippen molar-refractivity contribution >= 4 is 27.5 Å². The fraction of sp³-hybridized carbons (Fsp3) is 0.654. The minimum Gasteiger partial charge on any atom is -0.495 e. The maximum absolute atomic E-state index is 13.3. The number of nitrogens with one attached hydrogen (secondary N) is 2. The van der Waals surface area contributed by atoms with Crippen LogP contribution in [0, 0.1) is 12.8 Å². The van der Waals surface area contributed by atoms with Gasteiger partial charge in [-0.15, -0.1) is 0 Å². The minimum atomic E-state index is -1.33. The highest BCUT2D eigenvalue weighted by atomic mass is 32.2. The predicted octanol–water partition coefficient (Wildman–Crippen LogP) is 5.60. The van der Waals surface area contributed by atoms with Gasteiger partial charge in [0.05, 0.1) is 22.6 Å². The van der Waals surface area contributed by atoms with Crippen LogP contribution in [-0.4, -0.2) is 52.9 Å². The van der Waals surface area contributed by atoms with Crippen molar-refractivity contribution in [3.05, 3.63) is 23.9 Å². The Labute approximate surface area is 211 Å². The summed E-state index contributed by atoms with van der Waals surface area (Å²) in [5, 5.41) is 4.56. The van der Waals surface area contributed by atoms with Crippen molar-refractivity contribution in [2.24, 2.45) is 5.92 Å². The van der Waals surface area contributed by atoms with E-state index in [1.54, 1.807) is 18.4 Å². The molecule has 2 aliphatic rings. The Morgan fingerprint density at radius 1 is 1.18 bits per heavy atom. The van der Waals surface area contributed by atoms with E-state index >= 15 is 0 Å². The van der Waals surface area contributed by atoms with Gasteiger partial charge in [0.1, 0.15) is 16.7 Å². The van der Waals surface area contributed by atoms with E-state index in [2.05, 4.69) is 35.7 Å². The molecular formula is C26H40N4O2S2. The summed E-state index contributed by atoms with van der Waals surface area (Å²) >= 11 is 1.69. The highest BCUT2D eigenvalue weighted by Gasteiger charge is 2.24. The Bertz CT molecular complexity index is 964. The number of aryl methyl sites for hydroxylation is 1. The van der Waals surface area contributed by atoms with Gasteiger partial charge in [-0.05, 0) is 89.2 Å². The van der Waals surface area contributed by atoms with Crippen molar-refractivity contribution in [3.8, 4) is 16.2 Å². The molecule has 2 heterocycles. The molecule has 1 atom stereocenters. The first-order chi connectivity index (χ1) is 16.4. The molecule has 188 valence electrons. The second kappa shape index (κ2) is 12.0. The molecule has 1 aliphatic heterocycles. The van der Waals surface area contributed by atoms with E-state index < -0.39 is 11.0 Å². The lowest BCUT2D eigenvalue weighted by Crippen LogP contribution is -2.45. The quantitative estimate of drug-likeness (QED) is 0.465. The second-order valence-electron chi connectivity index (χ2n) is 9.97. The molecule has 1 aromatic heterocycles. The lowest BCUT2D eigenvalue weighted by atomic mass is 9.89. The zero-order valence-corrected chi connectivity index (χ0v) is 22.7. The van der Waals surface area contributed by atoms with E-state index in [-0.39, 0.29) is 6.04 Å². The third-order valence-electron chi connectivity index (χ3n) is 7.22. The van der Waals surface area contributed by atoms with Crippen LogP contribution in [-0.2, 0) is 11.0 Å². The number of likely N-dealkylation sites (tertiary alicyclic amines) is 1. The predicted molar refractivity (Wildman–Crippen MR) is 143 cm³/mol. The molecular weight excluding hydrogens is 464 g/mol. The van der Waals surface area contributed by atoms with Crippen LogP contribution in [0.2, 0.25) is 0 Å². The Balaban J connectivity index is 1.44. The molecule has 2 aromatic rings. The molecule has 6 nitrogen and oxygen atoms in total. The Morgan fingerprint density at radius 3 is 2.59 bits per heavy atom. The average molecular weight is 505 g/mol. The fourth-order valence-corrected chi connectivity index (χ4v) is 7.28. The number of thiazole rings is 1. The topological polar surface area (TPSA) is 66.5 Å². The summed E-state index contributed by atoms with van der Waals surface area (Å²) in [5.74, 6) is 1.42. The maximum atomic E-state index is 13.3. The number of benzene rings is 1. The molecule has 0 amide bonds. The Morgan fingerprint density at radius 2 is 1.91 bits per heavy atom. The molecule has 4 rings (SSSR count). The maximum Gasteiger partial charge on any atom is 0.183 e. The van der Waals surface area contributed by atoms with Crippen LogP contribution in [0.15, 0.2) is 23.1 Å². The zero-order valence-electron chi connectivity index (χ0n) is 21.1. The summed E-state index contributed by atoms with van der Waals surface area (Å²) in [6.07, 6.45) is 8.75. The van der Waals surface area contributed by atoms with Crippen LogP contribution < -0.4 is 14.8 Å². The normalized spacial score (nSPS) is 19.4. The Hall–Kier alpha value is -1.48. The molecule has 2 fully saturated rings. The minimum absolute atomic E-state index is 0.255. The molecule has 1 saturated heterocycles. The van der Waals surface area contributed by atoms with E-state index in [1.807, 2.05) is 18.2 Å². The van der Waals surface area contributed by atoms with Gasteiger partial charge < -0.3 is 15.0 Å². The van der Waals surface area contributed by atoms with Crippen LogP contribution >= 0.6 is 11.3 Å². The van der Waals surface area contributed by atoms with Crippen molar-refractivity contribution in [3.63, 3.8) is 0 Å². The van der Waals surface area contributed by atoms with Crippen molar-refractivity contribution in [1.82, 2.24) is 14.6 Å².